The summed E-state index contributed by atoms with van der Waals surface area (Å²) < 4.78 is 0.978. The van der Waals surface area contributed by atoms with E-state index in [0.717, 1.165) is 27.8 Å². The standard InChI is InChI=1S/C19H23BrN2O3S/c1-2-3-6-17(21-19(24)25)18(23)22(13-16-5-4-11-26-16)12-14-7-9-15(20)10-8-14/h4-5,7-11,17,21H,2-3,6,12-13H2,1H3,(H,24,25)/t17-/m0/s1. The number of benzene rings is 1. The minimum Gasteiger partial charge on any atom is -0.465 e. The topological polar surface area (TPSA) is 69.6 Å². The summed E-state index contributed by atoms with van der Waals surface area (Å²) in [6.45, 7) is 2.93. The number of nitrogens with zero attached hydrogens (tertiary/aromatic N) is 1. The fourth-order valence-corrected chi connectivity index (χ4v) is 3.63. The van der Waals surface area contributed by atoms with E-state index in [9.17, 15) is 9.59 Å². The molecule has 5 nitrogen and oxygen atoms in total. The molecule has 0 radical (unpaired) electrons. The molecular formula is C19H23BrN2O3S. The minimum atomic E-state index is -1.17. The molecule has 7 heteroatoms. The van der Waals surface area contributed by atoms with Crippen molar-refractivity contribution in [1.29, 1.82) is 0 Å². The van der Waals surface area contributed by atoms with E-state index in [1.54, 1.807) is 16.2 Å². The van der Waals surface area contributed by atoms with Crippen molar-refractivity contribution in [2.75, 3.05) is 0 Å². The molecule has 1 heterocycles. The van der Waals surface area contributed by atoms with Gasteiger partial charge in [0, 0.05) is 15.9 Å². The Balaban J connectivity index is 2.19. The Morgan fingerprint density at radius 2 is 1.96 bits per heavy atom. The zero-order chi connectivity index (χ0) is 18.9. The van der Waals surface area contributed by atoms with Gasteiger partial charge in [0.2, 0.25) is 5.91 Å². The lowest BCUT2D eigenvalue weighted by Gasteiger charge is -2.27. The van der Waals surface area contributed by atoms with Crippen molar-refractivity contribution in [2.24, 2.45) is 0 Å². The Kier molecular flexibility index (Phi) is 8.12. The first-order chi connectivity index (χ1) is 12.5. The summed E-state index contributed by atoms with van der Waals surface area (Å²) in [5.41, 5.74) is 1.00. The highest BCUT2D eigenvalue weighted by atomic mass is 79.9. The van der Waals surface area contributed by atoms with Gasteiger partial charge in [-0.15, -0.1) is 11.3 Å². The molecule has 1 atom stereocenters. The van der Waals surface area contributed by atoms with Gasteiger partial charge in [0.1, 0.15) is 6.04 Å². The van der Waals surface area contributed by atoms with Crippen molar-refractivity contribution >= 4 is 39.3 Å². The Bertz CT molecular complexity index is 704. The van der Waals surface area contributed by atoms with Crippen LogP contribution in [0.1, 0.15) is 36.6 Å². The summed E-state index contributed by atoms with van der Waals surface area (Å²) in [6.07, 6.45) is 1.03. The van der Waals surface area contributed by atoms with Gasteiger partial charge in [-0.1, -0.05) is 53.9 Å². The van der Waals surface area contributed by atoms with Crippen LogP contribution in [0.25, 0.3) is 0 Å². The molecule has 0 bridgehead atoms. The van der Waals surface area contributed by atoms with Crippen LogP contribution in [0, 0.1) is 0 Å². The largest absolute Gasteiger partial charge is 0.465 e. The van der Waals surface area contributed by atoms with E-state index in [0.29, 0.717) is 19.5 Å². The van der Waals surface area contributed by atoms with Crippen LogP contribution in [-0.2, 0) is 17.9 Å². The number of rotatable bonds is 9. The lowest BCUT2D eigenvalue weighted by Crippen LogP contribution is -2.47. The number of thiophene rings is 1. The van der Waals surface area contributed by atoms with Gasteiger partial charge in [-0.05, 0) is 35.6 Å². The van der Waals surface area contributed by atoms with Crippen LogP contribution in [0.5, 0.6) is 0 Å². The quantitative estimate of drug-likeness (QED) is 0.586. The molecule has 0 saturated carbocycles. The monoisotopic (exact) mass is 438 g/mol. The molecule has 0 aliphatic carbocycles. The SMILES string of the molecule is CCCC[C@H](NC(=O)O)C(=O)N(Cc1ccc(Br)cc1)Cc1cccs1. The van der Waals surface area contributed by atoms with Gasteiger partial charge in [0.05, 0.1) is 6.54 Å². The summed E-state index contributed by atoms with van der Waals surface area (Å²) in [4.78, 5) is 27.0. The van der Waals surface area contributed by atoms with E-state index >= 15 is 0 Å². The molecule has 2 rings (SSSR count). The number of unbranched alkanes of at least 4 members (excludes halogenated alkanes) is 1. The first-order valence-corrected chi connectivity index (χ1v) is 10.2. The van der Waals surface area contributed by atoms with Crippen molar-refractivity contribution in [2.45, 2.75) is 45.3 Å². The van der Waals surface area contributed by atoms with Crippen LogP contribution in [0.3, 0.4) is 0 Å². The van der Waals surface area contributed by atoms with E-state index < -0.39 is 12.1 Å². The zero-order valence-electron chi connectivity index (χ0n) is 14.7. The molecule has 140 valence electrons. The average molecular weight is 439 g/mol. The van der Waals surface area contributed by atoms with Crippen LogP contribution in [0.4, 0.5) is 4.79 Å². The maximum Gasteiger partial charge on any atom is 0.405 e. The Labute approximate surface area is 166 Å². The number of carbonyl (C=O) groups excluding carboxylic acids is 1. The van der Waals surface area contributed by atoms with Crippen molar-refractivity contribution in [1.82, 2.24) is 10.2 Å². The fraction of sp³-hybridized carbons (Fsp3) is 0.368. The molecule has 2 amide bonds. The molecule has 0 saturated heterocycles. The highest BCUT2D eigenvalue weighted by Gasteiger charge is 2.26. The number of nitrogens with one attached hydrogen (secondary N) is 1. The van der Waals surface area contributed by atoms with Gasteiger partial charge in [-0.3, -0.25) is 4.79 Å². The summed E-state index contributed by atoms with van der Waals surface area (Å²) >= 11 is 5.00. The van der Waals surface area contributed by atoms with Gasteiger partial charge < -0.3 is 15.3 Å². The zero-order valence-corrected chi connectivity index (χ0v) is 17.1. The number of carbonyl (C=O) groups is 2. The number of halogens is 1. The molecule has 0 aliphatic heterocycles. The second-order valence-electron chi connectivity index (χ2n) is 6.04. The van der Waals surface area contributed by atoms with Crippen molar-refractivity contribution in [3.63, 3.8) is 0 Å². The third-order valence-corrected chi connectivity index (χ3v) is 5.36. The molecule has 0 unspecified atom stereocenters. The van der Waals surface area contributed by atoms with Crippen molar-refractivity contribution < 1.29 is 14.7 Å². The van der Waals surface area contributed by atoms with E-state index in [1.165, 1.54) is 0 Å². The van der Waals surface area contributed by atoms with E-state index in [4.69, 9.17) is 5.11 Å². The van der Waals surface area contributed by atoms with Crippen LogP contribution in [0.15, 0.2) is 46.3 Å². The summed E-state index contributed by atoms with van der Waals surface area (Å²) in [5, 5.41) is 13.5. The third-order valence-electron chi connectivity index (χ3n) is 3.97. The first kappa shape index (κ1) is 20.5. The van der Waals surface area contributed by atoms with Crippen LogP contribution < -0.4 is 5.32 Å². The smallest absolute Gasteiger partial charge is 0.405 e. The van der Waals surface area contributed by atoms with Crippen molar-refractivity contribution in [3.05, 3.63) is 56.7 Å². The maximum atomic E-state index is 13.1. The van der Waals surface area contributed by atoms with Gasteiger partial charge in [-0.25, -0.2) is 4.79 Å². The van der Waals surface area contributed by atoms with Gasteiger partial charge in [-0.2, -0.15) is 0 Å². The highest BCUT2D eigenvalue weighted by molar-refractivity contribution is 9.10. The van der Waals surface area contributed by atoms with Crippen molar-refractivity contribution in [3.8, 4) is 0 Å². The number of hydrogen-bond donors (Lipinski definition) is 2. The van der Waals surface area contributed by atoms with Crippen LogP contribution in [0.2, 0.25) is 0 Å². The predicted octanol–water partition coefficient (Wildman–Crippen LogP) is 4.87. The average Bonchev–Trinajstić information content (AvgIpc) is 3.12. The fourth-order valence-electron chi connectivity index (χ4n) is 2.65. The first-order valence-electron chi connectivity index (χ1n) is 8.54. The van der Waals surface area contributed by atoms with Gasteiger partial charge in [0.25, 0.3) is 0 Å². The van der Waals surface area contributed by atoms with E-state index in [1.807, 2.05) is 48.7 Å². The third kappa shape index (κ3) is 6.46. The number of hydrogen-bond acceptors (Lipinski definition) is 3. The summed E-state index contributed by atoms with van der Waals surface area (Å²) in [5.74, 6) is -0.183. The highest BCUT2D eigenvalue weighted by Crippen LogP contribution is 2.18. The summed E-state index contributed by atoms with van der Waals surface area (Å²) in [7, 11) is 0. The molecular weight excluding hydrogens is 416 g/mol. The lowest BCUT2D eigenvalue weighted by molar-refractivity contribution is -0.134. The molecule has 2 N–H and O–H groups in total. The molecule has 1 aromatic heterocycles. The number of amides is 2. The molecule has 1 aromatic carbocycles. The van der Waals surface area contributed by atoms with Gasteiger partial charge in [0.15, 0.2) is 0 Å². The van der Waals surface area contributed by atoms with Gasteiger partial charge >= 0.3 is 6.09 Å². The second kappa shape index (κ2) is 10.3. The lowest BCUT2D eigenvalue weighted by atomic mass is 10.1. The summed E-state index contributed by atoms with van der Waals surface area (Å²) in [6, 6.07) is 11.0. The Morgan fingerprint density at radius 3 is 2.54 bits per heavy atom. The Hall–Kier alpha value is -1.86. The molecule has 0 aliphatic rings. The number of carboxylic acid groups (broad SMARTS) is 1. The van der Waals surface area contributed by atoms with E-state index in [-0.39, 0.29) is 5.91 Å². The predicted molar refractivity (Wildman–Crippen MR) is 107 cm³/mol. The maximum absolute atomic E-state index is 13.1. The van der Waals surface area contributed by atoms with Crippen LogP contribution >= 0.6 is 27.3 Å². The molecule has 0 spiro atoms. The molecule has 2 aromatic rings. The minimum absolute atomic E-state index is 0.183. The van der Waals surface area contributed by atoms with Crippen LogP contribution in [-0.4, -0.2) is 28.0 Å². The second-order valence-corrected chi connectivity index (χ2v) is 7.99. The molecule has 26 heavy (non-hydrogen) atoms. The van der Waals surface area contributed by atoms with E-state index in [2.05, 4.69) is 21.2 Å². The molecule has 0 fully saturated rings. The Morgan fingerprint density at radius 1 is 1.23 bits per heavy atom. The normalized spacial score (nSPS) is 11.8.